The lowest BCUT2D eigenvalue weighted by Crippen LogP contribution is -2.37. The quantitative estimate of drug-likeness (QED) is 0.355. The first-order valence-electron chi connectivity index (χ1n) is 8.23. The summed E-state index contributed by atoms with van der Waals surface area (Å²) >= 11 is 0. The van der Waals surface area contributed by atoms with Gasteiger partial charge in [-0.05, 0) is 12.5 Å². The number of aliphatic carboxylic acids is 1. The van der Waals surface area contributed by atoms with Gasteiger partial charge < -0.3 is 24.4 Å². The summed E-state index contributed by atoms with van der Waals surface area (Å²) in [5, 5.41) is 9.02. The molecule has 2 amide bonds. The third-order valence-corrected chi connectivity index (χ3v) is 3.68. The largest absolute Gasteiger partial charge is 0.480 e. The van der Waals surface area contributed by atoms with Gasteiger partial charge in [0, 0.05) is 18.8 Å². The molecule has 13 nitrogen and oxygen atoms in total. The third kappa shape index (κ3) is 8.87. The predicted molar refractivity (Wildman–Crippen MR) is 96.8 cm³/mol. The maximum atomic E-state index is 12.1. The van der Waals surface area contributed by atoms with Gasteiger partial charge in [-0.1, -0.05) is 13.0 Å². The highest BCUT2D eigenvalue weighted by Gasteiger charge is 2.24. The molecule has 1 aromatic rings. The number of ether oxygens (including phenoxy) is 2. The highest BCUT2D eigenvalue weighted by Crippen LogP contribution is 2.35. The molecule has 29 heavy (non-hydrogen) atoms. The van der Waals surface area contributed by atoms with E-state index in [1.807, 2.05) is 6.92 Å². The molecular formula is C15H22N3O10P. The van der Waals surface area contributed by atoms with Crippen LogP contribution in [0.1, 0.15) is 18.9 Å². The average Bonchev–Trinajstić information content (AvgIpc) is 2.63. The number of carbonyl (C=O) groups excluding carboxylic acids is 2. The van der Waals surface area contributed by atoms with Crippen LogP contribution in [0.3, 0.4) is 0 Å². The number of nitrogens with zero attached hydrogens (tertiary/aromatic N) is 3. The van der Waals surface area contributed by atoms with E-state index in [1.54, 1.807) is 0 Å². The Hall–Kier alpha value is -2.73. The van der Waals surface area contributed by atoms with E-state index in [0.29, 0.717) is 12.0 Å². The second-order valence-corrected chi connectivity index (χ2v) is 6.80. The van der Waals surface area contributed by atoms with Crippen LogP contribution in [0.15, 0.2) is 18.3 Å². The Balaban J connectivity index is 2.96. The molecule has 0 saturated heterocycles. The third-order valence-electron chi connectivity index (χ3n) is 3.24. The fourth-order valence-corrected chi connectivity index (χ4v) is 2.21. The molecule has 1 heterocycles. The number of amides is 2. The van der Waals surface area contributed by atoms with Gasteiger partial charge in [0.25, 0.3) is 0 Å². The molecule has 0 spiro atoms. The fourth-order valence-electron chi connectivity index (χ4n) is 2.02. The molecule has 0 atom stereocenters. The molecule has 1 aromatic heterocycles. The zero-order valence-electron chi connectivity index (χ0n) is 15.8. The van der Waals surface area contributed by atoms with Crippen LogP contribution in [0.2, 0.25) is 0 Å². The summed E-state index contributed by atoms with van der Waals surface area (Å²) in [6.07, 6.45) is 0.126. The Morgan fingerprint density at radius 3 is 2.48 bits per heavy atom. The second kappa shape index (κ2) is 11.3. The van der Waals surface area contributed by atoms with E-state index in [0.717, 1.165) is 9.80 Å². The van der Waals surface area contributed by atoms with Crippen molar-refractivity contribution < 1.29 is 47.8 Å². The molecule has 0 radical (unpaired) electrons. The first-order valence-corrected chi connectivity index (χ1v) is 9.76. The van der Waals surface area contributed by atoms with Gasteiger partial charge in [-0.2, -0.15) is 0 Å². The number of phosphoric acid groups is 1. The van der Waals surface area contributed by atoms with Gasteiger partial charge >= 0.3 is 26.0 Å². The minimum Gasteiger partial charge on any atom is -0.480 e. The summed E-state index contributed by atoms with van der Waals surface area (Å²) in [7, 11) is -3.47. The van der Waals surface area contributed by atoms with Crippen molar-refractivity contribution in [2.45, 2.75) is 19.9 Å². The summed E-state index contributed by atoms with van der Waals surface area (Å²) < 4.78 is 24.2. The smallest absolute Gasteiger partial charge is 0.472 e. The van der Waals surface area contributed by atoms with Crippen molar-refractivity contribution in [1.82, 2.24) is 9.88 Å². The molecule has 14 heteroatoms. The first kappa shape index (κ1) is 24.3. The van der Waals surface area contributed by atoms with E-state index in [4.69, 9.17) is 19.6 Å². The Labute approximate surface area is 166 Å². The number of rotatable bonds is 10. The number of aromatic nitrogens is 1. The van der Waals surface area contributed by atoms with Crippen LogP contribution in [0.4, 0.5) is 15.4 Å². The van der Waals surface area contributed by atoms with Crippen molar-refractivity contribution in [3.05, 3.63) is 23.9 Å². The maximum absolute atomic E-state index is 12.1. The molecule has 0 aliphatic rings. The minimum absolute atomic E-state index is 0.128. The number of pyridine rings is 1. The average molecular weight is 435 g/mol. The van der Waals surface area contributed by atoms with Gasteiger partial charge in [-0.3, -0.25) is 14.6 Å². The van der Waals surface area contributed by atoms with Crippen LogP contribution in [-0.4, -0.2) is 69.9 Å². The lowest BCUT2D eigenvalue weighted by Gasteiger charge is -2.23. The fraction of sp³-hybridized carbons (Fsp3) is 0.467. The normalized spacial score (nSPS) is 10.9. The zero-order chi connectivity index (χ0) is 22.0. The van der Waals surface area contributed by atoms with E-state index < -0.39 is 39.3 Å². The van der Waals surface area contributed by atoms with E-state index in [-0.39, 0.29) is 19.0 Å². The van der Waals surface area contributed by atoms with Crippen molar-refractivity contribution in [3.63, 3.8) is 0 Å². The van der Waals surface area contributed by atoms with Gasteiger partial charge in [0.1, 0.15) is 12.4 Å². The molecule has 0 aliphatic heterocycles. The number of hydrogen-bond donors (Lipinski definition) is 3. The summed E-state index contributed by atoms with van der Waals surface area (Å²) in [5.74, 6) is -1.23. The van der Waals surface area contributed by atoms with Crippen LogP contribution in [0.5, 0.6) is 0 Å². The van der Waals surface area contributed by atoms with Crippen LogP contribution in [-0.2, 0) is 29.9 Å². The minimum atomic E-state index is -4.87. The molecule has 1 rings (SSSR count). The van der Waals surface area contributed by atoms with Crippen LogP contribution < -0.4 is 4.90 Å². The first-order chi connectivity index (χ1) is 13.5. The van der Waals surface area contributed by atoms with Crippen molar-refractivity contribution in [3.8, 4) is 0 Å². The van der Waals surface area contributed by atoms with Gasteiger partial charge in [0.2, 0.25) is 6.79 Å². The van der Waals surface area contributed by atoms with Gasteiger partial charge in [-0.25, -0.2) is 23.7 Å². The predicted octanol–water partition coefficient (Wildman–Crippen LogP) is 1.15. The van der Waals surface area contributed by atoms with E-state index >= 15 is 0 Å². The number of phosphoric ester groups is 1. The van der Waals surface area contributed by atoms with E-state index in [9.17, 15) is 18.9 Å². The highest BCUT2D eigenvalue weighted by atomic mass is 31.2. The molecular weight excluding hydrogens is 413 g/mol. The molecule has 0 bridgehead atoms. The zero-order valence-corrected chi connectivity index (χ0v) is 16.7. The number of hydrogen-bond acceptors (Lipinski definition) is 8. The van der Waals surface area contributed by atoms with Gasteiger partial charge in [-0.15, -0.1) is 0 Å². The maximum Gasteiger partial charge on any atom is 0.472 e. The van der Waals surface area contributed by atoms with Crippen molar-refractivity contribution in [1.29, 1.82) is 0 Å². The Morgan fingerprint density at radius 1 is 1.21 bits per heavy atom. The SMILES string of the molecule is CCCOC(=O)N(C)c1ncccc1CN(CC(=O)O)C(=O)OCOP(=O)(O)O. The lowest BCUT2D eigenvalue weighted by atomic mass is 10.2. The standard InChI is InChI=1S/C15H22N3O10P/c1-3-7-26-14(21)17(2)13-11(5-4-6-16-13)8-18(9-12(19)20)15(22)27-10-28-29(23,24)25/h4-6H,3,7-10H2,1-2H3,(H,19,20)(H2,23,24,25). The van der Waals surface area contributed by atoms with Crippen LogP contribution >= 0.6 is 7.82 Å². The Kier molecular flexibility index (Phi) is 9.48. The van der Waals surface area contributed by atoms with Crippen molar-refractivity contribution in [2.75, 3.05) is 31.9 Å². The summed E-state index contributed by atoms with van der Waals surface area (Å²) in [4.78, 5) is 58.3. The number of carbonyl (C=O) groups is 3. The monoisotopic (exact) mass is 435 g/mol. The molecule has 162 valence electrons. The second-order valence-electron chi connectivity index (χ2n) is 5.56. The van der Waals surface area contributed by atoms with E-state index in [2.05, 4.69) is 14.2 Å². The lowest BCUT2D eigenvalue weighted by molar-refractivity contribution is -0.138. The Morgan fingerprint density at radius 2 is 1.90 bits per heavy atom. The molecule has 3 N–H and O–H groups in total. The van der Waals surface area contributed by atoms with Crippen LogP contribution in [0.25, 0.3) is 0 Å². The van der Waals surface area contributed by atoms with Crippen molar-refractivity contribution in [2.24, 2.45) is 0 Å². The molecule has 0 aromatic carbocycles. The molecule has 0 aliphatic carbocycles. The van der Waals surface area contributed by atoms with Crippen LogP contribution in [0, 0.1) is 0 Å². The van der Waals surface area contributed by atoms with E-state index in [1.165, 1.54) is 25.4 Å². The van der Waals surface area contributed by atoms with Gasteiger partial charge in [0.05, 0.1) is 13.2 Å². The summed E-state index contributed by atoms with van der Waals surface area (Å²) in [6, 6.07) is 3.03. The molecule has 0 saturated carbocycles. The van der Waals surface area contributed by atoms with Gasteiger partial charge in [0.15, 0.2) is 0 Å². The van der Waals surface area contributed by atoms with Crippen molar-refractivity contribution >= 4 is 31.8 Å². The summed E-state index contributed by atoms with van der Waals surface area (Å²) in [6.45, 7) is -0.168. The molecule has 0 unspecified atom stereocenters. The number of carboxylic acids is 1. The highest BCUT2D eigenvalue weighted by molar-refractivity contribution is 7.46. The topological polar surface area (TPSA) is 176 Å². The Bertz CT molecular complexity index is 768. The number of anilines is 1. The summed E-state index contributed by atoms with van der Waals surface area (Å²) in [5.41, 5.74) is 0.303. The molecule has 0 fully saturated rings. The number of carboxylic acid groups (broad SMARTS) is 1.